The highest BCUT2D eigenvalue weighted by atomic mass is 32.2. The van der Waals surface area contributed by atoms with Crippen LogP contribution in [0, 0.1) is 5.92 Å². The van der Waals surface area contributed by atoms with Gasteiger partial charge in [-0.1, -0.05) is 12.1 Å². The molecule has 1 saturated carbocycles. The third-order valence-electron chi connectivity index (χ3n) is 2.84. The van der Waals surface area contributed by atoms with Gasteiger partial charge in [0, 0.05) is 17.2 Å². The lowest BCUT2D eigenvalue weighted by Crippen LogP contribution is -2.16. The molecule has 0 amide bonds. The molecule has 1 aliphatic rings. The smallest absolute Gasteiger partial charge is 0.0914 e. The molecule has 1 fully saturated rings. The van der Waals surface area contributed by atoms with Gasteiger partial charge in [-0.2, -0.15) is 0 Å². The molecule has 2 rings (SSSR count). The Balaban J connectivity index is 1.87. The monoisotopic (exact) mass is 237 g/mol. The average molecular weight is 237 g/mol. The lowest BCUT2D eigenvalue weighted by atomic mass is 10.1. The second-order valence-electron chi connectivity index (χ2n) is 4.40. The van der Waals surface area contributed by atoms with Crippen molar-refractivity contribution in [3.63, 3.8) is 0 Å². The molecule has 1 aromatic rings. The van der Waals surface area contributed by atoms with Crippen molar-refractivity contribution in [2.75, 3.05) is 19.3 Å². The van der Waals surface area contributed by atoms with E-state index in [0.717, 1.165) is 11.5 Å². The highest BCUT2D eigenvalue weighted by Crippen LogP contribution is 2.35. The van der Waals surface area contributed by atoms with Gasteiger partial charge in [-0.15, -0.1) is 11.8 Å². The van der Waals surface area contributed by atoms with Gasteiger partial charge in [0.1, 0.15) is 0 Å². The number of benzene rings is 1. The zero-order valence-electron chi connectivity index (χ0n) is 9.65. The van der Waals surface area contributed by atoms with E-state index in [1.807, 2.05) is 30.9 Å². The largest absolute Gasteiger partial charge is 0.387 e. The van der Waals surface area contributed by atoms with Crippen LogP contribution in [0.25, 0.3) is 0 Å². The Morgan fingerprint density at radius 2 is 2.06 bits per heavy atom. The van der Waals surface area contributed by atoms with E-state index >= 15 is 0 Å². The van der Waals surface area contributed by atoms with Gasteiger partial charge in [-0.3, -0.25) is 0 Å². The summed E-state index contributed by atoms with van der Waals surface area (Å²) in [5, 5.41) is 12.7. The first kappa shape index (κ1) is 12.0. The number of aliphatic hydroxyl groups excluding tert-OH is 1. The summed E-state index contributed by atoms with van der Waals surface area (Å²) in [7, 11) is 1.85. The van der Waals surface area contributed by atoms with Gasteiger partial charge in [0.05, 0.1) is 6.10 Å². The van der Waals surface area contributed by atoms with Crippen molar-refractivity contribution >= 4 is 11.8 Å². The number of aliphatic hydroxyl groups is 1. The fourth-order valence-corrected chi connectivity index (χ4v) is 2.69. The summed E-state index contributed by atoms with van der Waals surface area (Å²) in [5.74, 6) is 2.21. The Kier molecular flexibility index (Phi) is 4.27. The number of likely N-dealkylation sites (N-methyl/N-ethyl adjacent to an activating group) is 1. The standard InChI is InChI=1S/C13H19NOS/c1-14-8-13(15)11-4-6-12(7-5-11)16-9-10-2-3-10/h4-7,10,13-15H,2-3,8-9H2,1H3. The van der Waals surface area contributed by atoms with Gasteiger partial charge in [0.2, 0.25) is 0 Å². The normalized spacial score (nSPS) is 17.4. The molecular formula is C13H19NOS. The van der Waals surface area contributed by atoms with Gasteiger partial charge < -0.3 is 10.4 Å². The fraction of sp³-hybridized carbons (Fsp3) is 0.538. The zero-order chi connectivity index (χ0) is 11.4. The number of nitrogens with one attached hydrogen (secondary N) is 1. The van der Waals surface area contributed by atoms with Gasteiger partial charge in [0.15, 0.2) is 0 Å². The Morgan fingerprint density at radius 3 is 2.62 bits per heavy atom. The predicted octanol–water partition coefficient (Wildman–Crippen LogP) is 2.44. The highest BCUT2D eigenvalue weighted by molar-refractivity contribution is 7.99. The third kappa shape index (κ3) is 3.51. The summed E-state index contributed by atoms with van der Waals surface area (Å²) >= 11 is 1.93. The molecule has 0 aromatic heterocycles. The number of hydrogen-bond acceptors (Lipinski definition) is 3. The van der Waals surface area contributed by atoms with Crippen molar-refractivity contribution < 1.29 is 5.11 Å². The molecule has 0 aliphatic heterocycles. The molecule has 0 bridgehead atoms. The quantitative estimate of drug-likeness (QED) is 0.745. The minimum absolute atomic E-state index is 0.396. The average Bonchev–Trinajstić information content (AvgIpc) is 3.11. The topological polar surface area (TPSA) is 32.3 Å². The zero-order valence-corrected chi connectivity index (χ0v) is 10.5. The SMILES string of the molecule is CNCC(O)c1ccc(SCC2CC2)cc1. The maximum absolute atomic E-state index is 9.77. The van der Waals surface area contributed by atoms with Crippen LogP contribution in [0.2, 0.25) is 0 Å². The molecule has 2 N–H and O–H groups in total. The molecule has 16 heavy (non-hydrogen) atoms. The Bertz CT molecular complexity index is 321. The highest BCUT2D eigenvalue weighted by Gasteiger charge is 2.20. The molecular weight excluding hydrogens is 218 g/mol. The van der Waals surface area contributed by atoms with Crippen molar-refractivity contribution in [1.82, 2.24) is 5.32 Å². The lowest BCUT2D eigenvalue weighted by molar-refractivity contribution is 0.177. The van der Waals surface area contributed by atoms with E-state index in [1.54, 1.807) is 0 Å². The van der Waals surface area contributed by atoms with E-state index in [-0.39, 0.29) is 0 Å². The lowest BCUT2D eigenvalue weighted by Gasteiger charge is -2.10. The van der Waals surface area contributed by atoms with Crippen LogP contribution < -0.4 is 5.32 Å². The third-order valence-corrected chi connectivity index (χ3v) is 4.09. The van der Waals surface area contributed by atoms with E-state index in [2.05, 4.69) is 17.4 Å². The van der Waals surface area contributed by atoms with Crippen LogP contribution >= 0.6 is 11.8 Å². The molecule has 0 saturated heterocycles. The van der Waals surface area contributed by atoms with E-state index < -0.39 is 6.10 Å². The predicted molar refractivity (Wildman–Crippen MR) is 68.8 cm³/mol. The number of thioether (sulfide) groups is 1. The van der Waals surface area contributed by atoms with Crippen molar-refractivity contribution in [2.24, 2.45) is 5.92 Å². The molecule has 1 aliphatic carbocycles. The van der Waals surface area contributed by atoms with Gasteiger partial charge in [-0.05, 0) is 43.5 Å². The van der Waals surface area contributed by atoms with E-state index in [0.29, 0.717) is 6.54 Å². The first-order valence-corrected chi connectivity index (χ1v) is 6.83. The van der Waals surface area contributed by atoms with E-state index in [9.17, 15) is 5.11 Å². The summed E-state index contributed by atoms with van der Waals surface area (Å²) in [6.07, 6.45) is 2.42. The van der Waals surface area contributed by atoms with Crippen molar-refractivity contribution in [1.29, 1.82) is 0 Å². The van der Waals surface area contributed by atoms with Crippen LogP contribution in [0.1, 0.15) is 24.5 Å². The maximum atomic E-state index is 9.77. The Labute approximate surface area is 101 Å². The first-order chi connectivity index (χ1) is 7.79. The molecule has 0 radical (unpaired) electrons. The first-order valence-electron chi connectivity index (χ1n) is 5.85. The summed E-state index contributed by atoms with van der Waals surface area (Å²) < 4.78 is 0. The minimum Gasteiger partial charge on any atom is -0.387 e. The van der Waals surface area contributed by atoms with Crippen molar-refractivity contribution in [3.8, 4) is 0 Å². The summed E-state index contributed by atoms with van der Waals surface area (Å²) in [6, 6.07) is 8.27. The van der Waals surface area contributed by atoms with Crippen LogP contribution in [-0.4, -0.2) is 24.5 Å². The molecule has 1 aromatic carbocycles. The van der Waals surface area contributed by atoms with Gasteiger partial charge >= 0.3 is 0 Å². The summed E-state index contributed by atoms with van der Waals surface area (Å²) in [5.41, 5.74) is 0.991. The maximum Gasteiger partial charge on any atom is 0.0914 e. The van der Waals surface area contributed by atoms with Gasteiger partial charge in [-0.25, -0.2) is 0 Å². The minimum atomic E-state index is -0.396. The summed E-state index contributed by atoms with van der Waals surface area (Å²) in [6.45, 7) is 0.606. The van der Waals surface area contributed by atoms with Crippen LogP contribution in [0.3, 0.4) is 0 Å². The Hall–Kier alpha value is -0.510. The second kappa shape index (κ2) is 5.71. The van der Waals surface area contributed by atoms with Crippen molar-refractivity contribution in [3.05, 3.63) is 29.8 Å². The molecule has 1 unspecified atom stereocenters. The molecule has 2 nitrogen and oxygen atoms in total. The van der Waals surface area contributed by atoms with E-state index in [1.165, 1.54) is 23.5 Å². The molecule has 88 valence electrons. The number of hydrogen-bond donors (Lipinski definition) is 2. The van der Waals surface area contributed by atoms with Gasteiger partial charge in [0.25, 0.3) is 0 Å². The van der Waals surface area contributed by atoms with Crippen LogP contribution in [0.5, 0.6) is 0 Å². The van der Waals surface area contributed by atoms with Crippen LogP contribution in [-0.2, 0) is 0 Å². The van der Waals surface area contributed by atoms with Crippen molar-refractivity contribution in [2.45, 2.75) is 23.8 Å². The number of rotatable bonds is 6. The molecule has 1 atom stereocenters. The summed E-state index contributed by atoms with van der Waals surface area (Å²) in [4.78, 5) is 1.31. The second-order valence-corrected chi connectivity index (χ2v) is 5.49. The molecule has 3 heteroatoms. The van der Waals surface area contributed by atoms with Crippen LogP contribution in [0.4, 0.5) is 0 Å². The van der Waals surface area contributed by atoms with Crippen LogP contribution in [0.15, 0.2) is 29.2 Å². The Morgan fingerprint density at radius 1 is 1.38 bits per heavy atom. The molecule has 0 heterocycles. The molecule has 0 spiro atoms. The fourth-order valence-electron chi connectivity index (χ4n) is 1.60. The van der Waals surface area contributed by atoms with E-state index in [4.69, 9.17) is 0 Å².